The molecule has 3 rings (SSSR count). The van der Waals surface area contributed by atoms with Crippen molar-refractivity contribution >= 4 is 0 Å². The highest BCUT2D eigenvalue weighted by Crippen LogP contribution is 2.33. The van der Waals surface area contributed by atoms with E-state index in [2.05, 4.69) is 61.5 Å². The summed E-state index contributed by atoms with van der Waals surface area (Å²) in [6, 6.07) is 19.9. The molecule has 0 unspecified atom stereocenters. The first-order chi connectivity index (χ1) is 10.8. The second kappa shape index (κ2) is 7.63. The Morgan fingerprint density at radius 2 is 1.32 bits per heavy atom. The maximum Gasteiger partial charge on any atom is -0.0184 e. The molecule has 0 aliphatic heterocycles. The fourth-order valence-electron chi connectivity index (χ4n) is 3.93. The van der Waals surface area contributed by atoms with Crippen LogP contribution in [0.3, 0.4) is 0 Å². The van der Waals surface area contributed by atoms with E-state index in [-0.39, 0.29) is 0 Å². The van der Waals surface area contributed by atoms with Crippen LogP contribution in [0.5, 0.6) is 0 Å². The Kier molecular flexibility index (Phi) is 5.32. The number of benzene rings is 2. The van der Waals surface area contributed by atoms with E-state index in [1.165, 1.54) is 61.6 Å². The molecule has 1 fully saturated rings. The molecule has 0 spiro atoms. The lowest BCUT2D eigenvalue weighted by atomic mass is 9.78. The molecule has 1 aliphatic carbocycles. The van der Waals surface area contributed by atoms with Crippen LogP contribution in [-0.2, 0) is 6.42 Å². The summed E-state index contributed by atoms with van der Waals surface area (Å²) >= 11 is 0. The smallest absolute Gasteiger partial charge is 0.0184 e. The third kappa shape index (κ3) is 4.00. The molecule has 0 saturated heterocycles. The van der Waals surface area contributed by atoms with Gasteiger partial charge in [0.15, 0.2) is 0 Å². The van der Waals surface area contributed by atoms with Crippen molar-refractivity contribution in [2.45, 2.75) is 51.9 Å². The topological polar surface area (TPSA) is 0 Å². The summed E-state index contributed by atoms with van der Waals surface area (Å²) in [6.07, 6.45) is 9.86. The summed E-state index contributed by atoms with van der Waals surface area (Å²) in [6.45, 7) is 2.32. The van der Waals surface area contributed by atoms with Crippen LogP contribution in [0.25, 0.3) is 11.1 Å². The number of hydrogen-bond donors (Lipinski definition) is 0. The summed E-state index contributed by atoms with van der Waals surface area (Å²) < 4.78 is 0. The minimum Gasteiger partial charge on any atom is -0.0654 e. The van der Waals surface area contributed by atoms with Gasteiger partial charge in [-0.15, -0.1) is 0 Å². The predicted octanol–water partition coefficient (Wildman–Crippen LogP) is 6.50. The lowest BCUT2D eigenvalue weighted by Crippen LogP contribution is -2.16. The largest absolute Gasteiger partial charge is 0.0654 e. The van der Waals surface area contributed by atoms with Crippen LogP contribution in [0.1, 0.15) is 51.0 Å². The first-order valence-electron chi connectivity index (χ1n) is 8.99. The van der Waals surface area contributed by atoms with Gasteiger partial charge in [0.25, 0.3) is 0 Å². The molecule has 0 atom stereocenters. The van der Waals surface area contributed by atoms with Crippen molar-refractivity contribution < 1.29 is 0 Å². The molecule has 116 valence electrons. The standard InChI is InChI=1S/C22H28/c1-2-6-18-9-11-19(12-10-18)17-20-13-15-22(16-14-20)21-7-4-3-5-8-21/h3-5,7-8,13-16,18-19H,2,6,9-12,17H2,1H3. The molecule has 0 amide bonds. The third-order valence-corrected chi connectivity index (χ3v) is 5.25. The van der Waals surface area contributed by atoms with Crippen LogP contribution >= 0.6 is 0 Å². The molecular formula is C22H28. The van der Waals surface area contributed by atoms with E-state index >= 15 is 0 Å². The molecule has 1 aliphatic rings. The zero-order valence-corrected chi connectivity index (χ0v) is 13.8. The van der Waals surface area contributed by atoms with E-state index in [0.29, 0.717) is 0 Å². The molecular weight excluding hydrogens is 264 g/mol. The molecule has 0 heteroatoms. The Hall–Kier alpha value is -1.56. The van der Waals surface area contributed by atoms with Gasteiger partial charge in [-0.25, -0.2) is 0 Å². The molecule has 0 heterocycles. The van der Waals surface area contributed by atoms with Crippen LogP contribution in [0.4, 0.5) is 0 Å². The first-order valence-corrected chi connectivity index (χ1v) is 8.99. The van der Waals surface area contributed by atoms with Crippen molar-refractivity contribution in [3.8, 4) is 11.1 Å². The van der Waals surface area contributed by atoms with Gasteiger partial charge in [-0.2, -0.15) is 0 Å². The van der Waals surface area contributed by atoms with Crippen molar-refractivity contribution in [1.82, 2.24) is 0 Å². The van der Waals surface area contributed by atoms with Crippen molar-refractivity contribution in [2.75, 3.05) is 0 Å². The van der Waals surface area contributed by atoms with Gasteiger partial charge < -0.3 is 0 Å². The Balaban J connectivity index is 1.56. The van der Waals surface area contributed by atoms with Gasteiger partial charge >= 0.3 is 0 Å². The number of rotatable bonds is 5. The van der Waals surface area contributed by atoms with Gasteiger partial charge in [0.2, 0.25) is 0 Å². The molecule has 2 aromatic carbocycles. The average Bonchev–Trinajstić information content (AvgIpc) is 2.58. The van der Waals surface area contributed by atoms with Crippen LogP contribution in [0.15, 0.2) is 54.6 Å². The van der Waals surface area contributed by atoms with E-state index < -0.39 is 0 Å². The van der Waals surface area contributed by atoms with E-state index in [4.69, 9.17) is 0 Å². The van der Waals surface area contributed by atoms with Gasteiger partial charge in [-0.3, -0.25) is 0 Å². The molecule has 0 radical (unpaired) electrons. The molecule has 0 bridgehead atoms. The fraction of sp³-hybridized carbons (Fsp3) is 0.455. The number of hydrogen-bond acceptors (Lipinski definition) is 0. The summed E-state index contributed by atoms with van der Waals surface area (Å²) in [5.74, 6) is 1.93. The molecule has 2 aromatic rings. The van der Waals surface area contributed by atoms with Gasteiger partial charge in [-0.05, 0) is 47.8 Å². The Labute approximate surface area is 135 Å². The Morgan fingerprint density at radius 1 is 0.727 bits per heavy atom. The maximum absolute atomic E-state index is 2.33. The van der Waals surface area contributed by atoms with Gasteiger partial charge in [0.1, 0.15) is 0 Å². The van der Waals surface area contributed by atoms with Crippen molar-refractivity contribution in [3.63, 3.8) is 0 Å². The minimum atomic E-state index is 0.913. The highest BCUT2D eigenvalue weighted by molar-refractivity contribution is 5.63. The molecule has 0 nitrogen and oxygen atoms in total. The maximum atomic E-state index is 2.33. The first kappa shape index (κ1) is 15.3. The predicted molar refractivity (Wildman–Crippen MR) is 95.9 cm³/mol. The van der Waals surface area contributed by atoms with Crippen LogP contribution in [0, 0.1) is 11.8 Å². The Bertz CT molecular complexity index is 544. The van der Waals surface area contributed by atoms with Crippen LogP contribution in [-0.4, -0.2) is 0 Å². The second-order valence-electron chi connectivity index (χ2n) is 6.94. The van der Waals surface area contributed by atoms with Crippen molar-refractivity contribution in [2.24, 2.45) is 11.8 Å². The summed E-state index contributed by atoms with van der Waals surface area (Å²) in [5.41, 5.74) is 4.16. The molecule has 22 heavy (non-hydrogen) atoms. The van der Waals surface area contributed by atoms with E-state index in [1.807, 2.05) is 0 Å². The summed E-state index contributed by atoms with van der Waals surface area (Å²) in [4.78, 5) is 0. The SMILES string of the molecule is CCCC1CCC(Cc2ccc(-c3ccccc3)cc2)CC1. The normalized spacial score (nSPS) is 21.7. The molecule has 0 aromatic heterocycles. The monoisotopic (exact) mass is 292 g/mol. The summed E-state index contributed by atoms with van der Waals surface area (Å²) in [5, 5.41) is 0. The van der Waals surface area contributed by atoms with Gasteiger partial charge in [-0.1, -0.05) is 87.2 Å². The lowest BCUT2D eigenvalue weighted by Gasteiger charge is -2.28. The van der Waals surface area contributed by atoms with Gasteiger partial charge in [0, 0.05) is 0 Å². The van der Waals surface area contributed by atoms with E-state index in [0.717, 1.165) is 11.8 Å². The van der Waals surface area contributed by atoms with Crippen molar-refractivity contribution in [1.29, 1.82) is 0 Å². The van der Waals surface area contributed by atoms with Crippen LogP contribution < -0.4 is 0 Å². The fourth-order valence-corrected chi connectivity index (χ4v) is 3.93. The second-order valence-corrected chi connectivity index (χ2v) is 6.94. The quantitative estimate of drug-likeness (QED) is 0.590. The zero-order valence-electron chi connectivity index (χ0n) is 13.8. The van der Waals surface area contributed by atoms with E-state index in [9.17, 15) is 0 Å². The van der Waals surface area contributed by atoms with Crippen LogP contribution in [0.2, 0.25) is 0 Å². The van der Waals surface area contributed by atoms with Gasteiger partial charge in [0.05, 0.1) is 0 Å². The zero-order chi connectivity index (χ0) is 15.2. The average molecular weight is 292 g/mol. The highest BCUT2D eigenvalue weighted by Gasteiger charge is 2.20. The summed E-state index contributed by atoms with van der Waals surface area (Å²) in [7, 11) is 0. The lowest BCUT2D eigenvalue weighted by molar-refractivity contribution is 0.261. The molecule has 0 N–H and O–H groups in total. The third-order valence-electron chi connectivity index (χ3n) is 5.25. The highest BCUT2D eigenvalue weighted by atomic mass is 14.3. The van der Waals surface area contributed by atoms with Crippen molar-refractivity contribution in [3.05, 3.63) is 60.2 Å². The Morgan fingerprint density at radius 3 is 1.95 bits per heavy atom. The minimum absolute atomic E-state index is 0.913. The van der Waals surface area contributed by atoms with E-state index in [1.54, 1.807) is 0 Å². The molecule has 1 saturated carbocycles.